The molecule has 1 unspecified atom stereocenters. The number of rotatable bonds is 6. The van der Waals surface area contributed by atoms with Crippen LogP contribution in [-0.2, 0) is 29.0 Å². The zero-order valence-corrected chi connectivity index (χ0v) is 14.7. The summed E-state index contributed by atoms with van der Waals surface area (Å²) in [4.78, 5) is 10.6. The standard InChI is InChI=1S/C21H24O4/c1-14-7-15(2)9-16(8-14)12-24-19-5-3-18-11-20(25-13-21(22)23)6-4-17(18)10-19/h3,5,7-10,20H,4,6,11-13H2,1-2H3,(H,22,23). The van der Waals surface area contributed by atoms with Crippen LogP contribution in [0.4, 0.5) is 0 Å². The topological polar surface area (TPSA) is 55.8 Å². The molecular formula is C21H24O4. The van der Waals surface area contributed by atoms with E-state index in [1.807, 2.05) is 6.07 Å². The van der Waals surface area contributed by atoms with E-state index in [1.54, 1.807) is 0 Å². The van der Waals surface area contributed by atoms with E-state index in [4.69, 9.17) is 14.6 Å². The van der Waals surface area contributed by atoms with Crippen LogP contribution in [0.25, 0.3) is 0 Å². The molecule has 2 aromatic rings. The first-order valence-corrected chi connectivity index (χ1v) is 8.65. The van der Waals surface area contributed by atoms with Crippen LogP contribution in [-0.4, -0.2) is 23.8 Å². The fraction of sp³-hybridized carbons (Fsp3) is 0.381. The van der Waals surface area contributed by atoms with E-state index in [-0.39, 0.29) is 12.7 Å². The molecule has 132 valence electrons. The van der Waals surface area contributed by atoms with Crippen LogP contribution in [0.1, 0.15) is 34.2 Å². The normalized spacial score (nSPS) is 16.3. The Labute approximate surface area is 148 Å². The first-order valence-electron chi connectivity index (χ1n) is 8.65. The second-order valence-electron chi connectivity index (χ2n) is 6.78. The van der Waals surface area contributed by atoms with Gasteiger partial charge in [0.25, 0.3) is 0 Å². The van der Waals surface area contributed by atoms with Crippen molar-refractivity contribution in [2.24, 2.45) is 0 Å². The minimum atomic E-state index is -0.916. The van der Waals surface area contributed by atoms with Gasteiger partial charge in [0.1, 0.15) is 19.0 Å². The number of carbonyl (C=O) groups is 1. The van der Waals surface area contributed by atoms with E-state index in [1.165, 1.54) is 27.8 Å². The Balaban J connectivity index is 1.61. The average Bonchev–Trinajstić information content (AvgIpc) is 2.57. The maximum Gasteiger partial charge on any atom is 0.329 e. The summed E-state index contributed by atoms with van der Waals surface area (Å²) >= 11 is 0. The fourth-order valence-electron chi connectivity index (χ4n) is 3.44. The number of ether oxygens (including phenoxy) is 2. The molecule has 0 saturated heterocycles. The Kier molecular flexibility index (Phi) is 5.39. The number of benzene rings is 2. The Hall–Kier alpha value is -2.33. The predicted molar refractivity (Wildman–Crippen MR) is 96.1 cm³/mol. The summed E-state index contributed by atoms with van der Waals surface area (Å²) in [5.41, 5.74) is 6.17. The number of aryl methyl sites for hydroxylation is 3. The summed E-state index contributed by atoms with van der Waals surface area (Å²) in [6.07, 6.45) is 2.49. The second-order valence-corrected chi connectivity index (χ2v) is 6.78. The molecule has 25 heavy (non-hydrogen) atoms. The number of aliphatic carboxylic acids is 1. The summed E-state index contributed by atoms with van der Waals surface area (Å²) < 4.78 is 11.4. The minimum Gasteiger partial charge on any atom is -0.489 e. The van der Waals surface area contributed by atoms with Crippen molar-refractivity contribution < 1.29 is 19.4 Å². The van der Waals surface area contributed by atoms with Crippen LogP contribution >= 0.6 is 0 Å². The highest BCUT2D eigenvalue weighted by Gasteiger charge is 2.20. The molecule has 1 aliphatic rings. The van der Waals surface area contributed by atoms with Crippen molar-refractivity contribution in [2.75, 3.05) is 6.61 Å². The van der Waals surface area contributed by atoms with Gasteiger partial charge in [0.05, 0.1) is 6.10 Å². The average molecular weight is 340 g/mol. The smallest absolute Gasteiger partial charge is 0.329 e. The van der Waals surface area contributed by atoms with Crippen LogP contribution in [0.5, 0.6) is 5.75 Å². The van der Waals surface area contributed by atoms with Crippen molar-refractivity contribution in [3.05, 3.63) is 64.2 Å². The van der Waals surface area contributed by atoms with Crippen molar-refractivity contribution in [3.8, 4) is 5.75 Å². The largest absolute Gasteiger partial charge is 0.489 e. The van der Waals surface area contributed by atoms with Gasteiger partial charge >= 0.3 is 5.97 Å². The first kappa shape index (κ1) is 17.5. The van der Waals surface area contributed by atoms with Gasteiger partial charge in [-0.3, -0.25) is 0 Å². The molecule has 0 aliphatic heterocycles. The second kappa shape index (κ2) is 7.70. The van der Waals surface area contributed by atoms with Gasteiger partial charge in [-0.05, 0) is 61.9 Å². The van der Waals surface area contributed by atoms with Crippen LogP contribution in [0.2, 0.25) is 0 Å². The van der Waals surface area contributed by atoms with Crippen molar-refractivity contribution in [1.29, 1.82) is 0 Å². The summed E-state index contributed by atoms with van der Waals surface area (Å²) in [6, 6.07) is 12.6. The molecule has 0 aromatic heterocycles. The molecule has 1 aliphatic carbocycles. The Morgan fingerprint density at radius 3 is 2.60 bits per heavy atom. The number of hydrogen-bond acceptors (Lipinski definition) is 3. The fourth-order valence-corrected chi connectivity index (χ4v) is 3.44. The van der Waals surface area contributed by atoms with E-state index < -0.39 is 5.97 Å². The quantitative estimate of drug-likeness (QED) is 0.868. The van der Waals surface area contributed by atoms with E-state index in [2.05, 4.69) is 44.2 Å². The third-order valence-electron chi connectivity index (χ3n) is 4.49. The van der Waals surface area contributed by atoms with Gasteiger partial charge < -0.3 is 14.6 Å². The van der Waals surface area contributed by atoms with E-state index in [0.717, 1.165) is 25.0 Å². The van der Waals surface area contributed by atoms with E-state index in [0.29, 0.717) is 6.61 Å². The molecule has 0 heterocycles. The minimum absolute atomic E-state index is 0.00867. The van der Waals surface area contributed by atoms with Crippen molar-refractivity contribution in [2.45, 2.75) is 45.8 Å². The third-order valence-corrected chi connectivity index (χ3v) is 4.49. The predicted octanol–water partition coefficient (Wildman–Crippen LogP) is 3.84. The highest BCUT2D eigenvalue weighted by molar-refractivity contribution is 5.68. The van der Waals surface area contributed by atoms with Crippen LogP contribution < -0.4 is 4.74 Å². The summed E-state index contributed by atoms with van der Waals surface area (Å²) in [5.74, 6) is -0.0382. The summed E-state index contributed by atoms with van der Waals surface area (Å²) in [5, 5.41) is 8.72. The van der Waals surface area contributed by atoms with Gasteiger partial charge in [-0.2, -0.15) is 0 Å². The summed E-state index contributed by atoms with van der Waals surface area (Å²) in [6.45, 7) is 4.53. The third kappa shape index (κ3) is 4.83. The lowest BCUT2D eigenvalue weighted by Gasteiger charge is -2.24. The number of hydrogen-bond donors (Lipinski definition) is 1. The molecule has 2 aromatic carbocycles. The van der Waals surface area contributed by atoms with Gasteiger partial charge in [0.15, 0.2) is 0 Å². The molecular weight excluding hydrogens is 316 g/mol. The SMILES string of the molecule is Cc1cc(C)cc(COc2ccc3c(c2)CCC(OCC(=O)O)C3)c1. The number of carboxylic acid groups (broad SMARTS) is 1. The highest BCUT2D eigenvalue weighted by Crippen LogP contribution is 2.27. The van der Waals surface area contributed by atoms with Gasteiger partial charge in [0.2, 0.25) is 0 Å². The van der Waals surface area contributed by atoms with Crippen molar-refractivity contribution in [1.82, 2.24) is 0 Å². The maximum atomic E-state index is 10.6. The van der Waals surface area contributed by atoms with Crippen LogP contribution in [0.3, 0.4) is 0 Å². The van der Waals surface area contributed by atoms with Gasteiger partial charge in [-0.15, -0.1) is 0 Å². The van der Waals surface area contributed by atoms with Crippen LogP contribution in [0.15, 0.2) is 36.4 Å². The molecule has 1 atom stereocenters. The first-order chi connectivity index (χ1) is 12.0. The van der Waals surface area contributed by atoms with Crippen LogP contribution in [0, 0.1) is 13.8 Å². The molecule has 0 amide bonds. The zero-order chi connectivity index (χ0) is 17.8. The highest BCUT2D eigenvalue weighted by atomic mass is 16.5. The molecule has 0 bridgehead atoms. The van der Waals surface area contributed by atoms with Crippen molar-refractivity contribution >= 4 is 5.97 Å². The molecule has 1 N–H and O–H groups in total. The Bertz CT molecular complexity index is 746. The van der Waals surface area contributed by atoms with Gasteiger partial charge in [-0.1, -0.05) is 35.4 Å². The van der Waals surface area contributed by atoms with Crippen molar-refractivity contribution in [3.63, 3.8) is 0 Å². The Morgan fingerprint density at radius 1 is 1.12 bits per heavy atom. The molecule has 3 rings (SSSR count). The number of carboxylic acids is 1. The molecule has 0 radical (unpaired) electrons. The van der Waals surface area contributed by atoms with E-state index >= 15 is 0 Å². The zero-order valence-electron chi connectivity index (χ0n) is 14.7. The monoisotopic (exact) mass is 340 g/mol. The molecule has 4 nitrogen and oxygen atoms in total. The van der Waals surface area contributed by atoms with Gasteiger partial charge in [-0.25, -0.2) is 4.79 Å². The lowest BCUT2D eigenvalue weighted by Crippen LogP contribution is -2.25. The molecule has 4 heteroatoms. The number of fused-ring (bicyclic) bond motifs is 1. The maximum absolute atomic E-state index is 10.6. The Morgan fingerprint density at radius 2 is 1.88 bits per heavy atom. The molecule has 0 spiro atoms. The molecule has 0 fully saturated rings. The van der Waals surface area contributed by atoms with E-state index in [9.17, 15) is 4.79 Å². The molecule has 0 saturated carbocycles. The lowest BCUT2D eigenvalue weighted by molar-refractivity contribution is -0.144. The van der Waals surface area contributed by atoms with Gasteiger partial charge in [0, 0.05) is 0 Å². The lowest BCUT2D eigenvalue weighted by atomic mass is 9.89. The summed E-state index contributed by atoms with van der Waals surface area (Å²) in [7, 11) is 0.